The van der Waals surface area contributed by atoms with Gasteiger partial charge in [-0.2, -0.15) is 0 Å². The van der Waals surface area contributed by atoms with E-state index in [4.69, 9.17) is 0 Å². The highest BCUT2D eigenvalue weighted by Gasteiger charge is 2.36. The highest BCUT2D eigenvalue weighted by atomic mass is 19.1. The molecule has 2 atom stereocenters. The lowest BCUT2D eigenvalue weighted by molar-refractivity contribution is -0.131. The normalized spacial score (nSPS) is 18.2. The van der Waals surface area contributed by atoms with E-state index in [1.807, 2.05) is 30.3 Å². The van der Waals surface area contributed by atoms with Gasteiger partial charge < -0.3 is 10.2 Å². The molecule has 0 amide bonds. The SMILES string of the molecule is OC(CCCC(O)(c1ccc(F)cc1)N1CCCCC1)c1cccc2ccccc12. The topological polar surface area (TPSA) is 43.7 Å². The Balaban J connectivity index is 1.50. The molecule has 4 heteroatoms. The molecule has 0 bridgehead atoms. The van der Waals surface area contributed by atoms with Crippen molar-refractivity contribution in [3.05, 3.63) is 83.7 Å². The Bertz CT molecular complexity index is 963. The zero-order valence-electron chi connectivity index (χ0n) is 17.3. The number of halogens is 1. The summed E-state index contributed by atoms with van der Waals surface area (Å²) in [5.41, 5.74) is 0.522. The van der Waals surface area contributed by atoms with Crippen LogP contribution in [0.1, 0.15) is 55.8 Å². The fourth-order valence-electron chi connectivity index (χ4n) is 4.70. The van der Waals surface area contributed by atoms with Crippen LogP contribution in [-0.4, -0.2) is 28.2 Å². The Labute approximate surface area is 177 Å². The van der Waals surface area contributed by atoms with E-state index < -0.39 is 11.8 Å². The number of piperidine rings is 1. The largest absolute Gasteiger partial charge is 0.388 e. The quantitative estimate of drug-likeness (QED) is 0.542. The number of likely N-dealkylation sites (tertiary alicyclic amines) is 1. The van der Waals surface area contributed by atoms with Crippen LogP contribution in [0.2, 0.25) is 0 Å². The maximum Gasteiger partial charge on any atom is 0.144 e. The molecule has 1 heterocycles. The van der Waals surface area contributed by atoms with E-state index in [1.165, 1.54) is 18.6 Å². The van der Waals surface area contributed by atoms with Crippen LogP contribution in [0.3, 0.4) is 0 Å². The number of benzene rings is 3. The van der Waals surface area contributed by atoms with Crippen LogP contribution < -0.4 is 0 Å². The average molecular weight is 408 g/mol. The summed E-state index contributed by atoms with van der Waals surface area (Å²) in [6, 6.07) is 20.3. The lowest BCUT2D eigenvalue weighted by atomic mass is 9.90. The van der Waals surface area contributed by atoms with Gasteiger partial charge in [-0.3, -0.25) is 4.90 Å². The van der Waals surface area contributed by atoms with Crippen LogP contribution in [-0.2, 0) is 5.72 Å². The van der Waals surface area contributed by atoms with Crippen molar-refractivity contribution in [2.75, 3.05) is 13.1 Å². The molecule has 0 spiro atoms. The smallest absolute Gasteiger partial charge is 0.144 e. The van der Waals surface area contributed by atoms with Crippen molar-refractivity contribution in [2.24, 2.45) is 0 Å². The van der Waals surface area contributed by atoms with Gasteiger partial charge in [-0.15, -0.1) is 0 Å². The van der Waals surface area contributed by atoms with Crippen LogP contribution in [0.15, 0.2) is 66.7 Å². The van der Waals surface area contributed by atoms with E-state index in [2.05, 4.69) is 17.0 Å². The average Bonchev–Trinajstić information content (AvgIpc) is 2.79. The van der Waals surface area contributed by atoms with Gasteiger partial charge in [0.1, 0.15) is 11.5 Å². The minimum Gasteiger partial charge on any atom is -0.388 e. The second-order valence-electron chi connectivity index (χ2n) is 8.35. The first-order chi connectivity index (χ1) is 14.6. The molecule has 158 valence electrons. The van der Waals surface area contributed by atoms with Crippen LogP contribution in [0.25, 0.3) is 10.8 Å². The molecule has 1 saturated heterocycles. The molecule has 1 fully saturated rings. The summed E-state index contributed by atoms with van der Waals surface area (Å²) in [4.78, 5) is 2.12. The monoisotopic (exact) mass is 407 g/mol. The van der Waals surface area contributed by atoms with Gasteiger partial charge in [0.25, 0.3) is 0 Å². The van der Waals surface area contributed by atoms with Gasteiger partial charge in [-0.05, 0) is 66.1 Å². The second kappa shape index (κ2) is 9.25. The summed E-state index contributed by atoms with van der Waals surface area (Å²) < 4.78 is 13.5. The van der Waals surface area contributed by atoms with Gasteiger partial charge >= 0.3 is 0 Å². The van der Waals surface area contributed by atoms with Crippen molar-refractivity contribution in [1.29, 1.82) is 0 Å². The maximum absolute atomic E-state index is 13.5. The van der Waals surface area contributed by atoms with Gasteiger partial charge in [-0.1, -0.05) is 61.0 Å². The molecule has 0 saturated carbocycles. The van der Waals surface area contributed by atoms with E-state index >= 15 is 0 Å². The summed E-state index contributed by atoms with van der Waals surface area (Å²) in [6.07, 6.45) is 4.43. The molecular formula is C26H30FNO2. The molecule has 0 radical (unpaired) electrons. The standard InChI is InChI=1S/C26H30FNO2/c27-22-15-13-21(14-16-22)26(30,28-18-4-1-5-19-28)17-7-12-25(29)24-11-6-9-20-8-2-3-10-23(20)24/h2-3,6,8-11,13-16,25,29-30H,1,4-5,7,12,17-19H2. The van der Waals surface area contributed by atoms with Crippen molar-refractivity contribution in [3.8, 4) is 0 Å². The minimum atomic E-state index is -1.13. The number of aliphatic hydroxyl groups excluding tert-OH is 1. The first kappa shape index (κ1) is 21.0. The summed E-state index contributed by atoms with van der Waals surface area (Å²) in [5.74, 6) is -0.300. The van der Waals surface area contributed by atoms with Gasteiger partial charge in [0.15, 0.2) is 0 Å². The molecule has 2 unspecified atom stereocenters. The second-order valence-corrected chi connectivity index (χ2v) is 8.35. The lowest BCUT2D eigenvalue weighted by Crippen LogP contribution is -2.48. The predicted molar refractivity (Wildman–Crippen MR) is 118 cm³/mol. The first-order valence-corrected chi connectivity index (χ1v) is 11.0. The highest BCUT2D eigenvalue weighted by Crippen LogP contribution is 2.35. The Morgan fingerprint density at radius 1 is 0.900 bits per heavy atom. The third kappa shape index (κ3) is 4.41. The van der Waals surface area contributed by atoms with Crippen molar-refractivity contribution in [3.63, 3.8) is 0 Å². The number of fused-ring (bicyclic) bond motifs is 1. The predicted octanol–water partition coefficient (Wildman–Crippen LogP) is 5.51. The summed E-state index contributed by atoms with van der Waals surface area (Å²) in [7, 11) is 0. The fourth-order valence-corrected chi connectivity index (χ4v) is 4.70. The third-order valence-electron chi connectivity index (χ3n) is 6.37. The van der Waals surface area contributed by atoms with Gasteiger partial charge in [0.2, 0.25) is 0 Å². The van der Waals surface area contributed by atoms with Crippen LogP contribution >= 0.6 is 0 Å². The molecule has 1 aliphatic heterocycles. The molecule has 0 aliphatic carbocycles. The fraction of sp³-hybridized carbons (Fsp3) is 0.385. The Kier molecular flexibility index (Phi) is 6.47. The van der Waals surface area contributed by atoms with E-state index in [1.54, 1.807) is 12.1 Å². The molecule has 3 aromatic carbocycles. The van der Waals surface area contributed by atoms with E-state index in [0.717, 1.165) is 47.8 Å². The summed E-state index contributed by atoms with van der Waals surface area (Å²) in [6.45, 7) is 1.67. The zero-order valence-corrected chi connectivity index (χ0v) is 17.3. The molecule has 4 rings (SSSR count). The van der Waals surface area contributed by atoms with Gasteiger partial charge in [0.05, 0.1) is 6.10 Å². The Hall–Kier alpha value is -2.27. The number of hydrogen-bond donors (Lipinski definition) is 2. The number of hydrogen-bond acceptors (Lipinski definition) is 3. The van der Waals surface area contributed by atoms with E-state index in [9.17, 15) is 14.6 Å². The van der Waals surface area contributed by atoms with Crippen LogP contribution in [0, 0.1) is 5.82 Å². The van der Waals surface area contributed by atoms with Crippen molar-refractivity contribution in [2.45, 2.75) is 50.4 Å². The molecular weight excluding hydrogens is 377 g/mol. The van der Waals surface area contributed by atoms with E-state index in [0.29, 0.717) is 19.3 Å². The van der Waals surface area contributed by atoms with Crippen LogP contribution in [0.5, 0.6) is 0 Å². The Morgan fingerprint density at radius 2 is 1.60 bits per heavy atom. The van der Waals surface area contributed by atoms with Crippen molar-refractivity contribution in [1.82, 2.24) is 4.90 Å². The molecule has 30 heavy (non-hydrogen) atoms. The number of nitrogens with zero attached hydrogens (tertiary/aromatic N) is 1. The summed E-state index contributed by atoms with van der Waals surface area (Å²) in [5, 5.41) is 24.7. The van der Waals surface area contributed by atoms with Crippen LogP contribution in [0.4, 0.5) is 4.39 Å². The molecule has 1 aliphatic rings. The maximum atomic E-state index is 13.5. The van der Waals surface area contributed by atoms with Gasteiger partial charge in [0, 0.05) is 13.1 Å². The molecule has 3 nitrogen and oxygen atoms in total. The van der Waals surface area contributed by atoms with Crippen molar-refractivity contribution < 1.29 is 14.6 Å². The Morgan fingerprint density at radius 3 is 2.37 bits per heavy atom. The number of rotatable bonds is 7. The minimum absolute atomic E-state index is 0.300. The number of aliphatic hydroxyl groups is 2. The summed E-state index contributed by atoms with van der Waals surface area (Å²) >= 11 is 0. The third-order valence-corrected chi connectivity index (χ3v) is 6.37. The van der Waals surface area contributed by atoms with E-state index in [-0.39, 0.29) is 5.82 Å². The molecule has 2 N–H and O–H groups in total. The van der Waals surface area contributed by atoms with Crippen molar-refractivity contribution >= 4 is 10.8 Å². The molecule has 0 aromatic heterocycles. The molecule has 3 aromatic rings. The first-order valence-electron chi connectivity index (χ1n) is 11.0. The van der Waals surface area contributed by atoms with Gasteiger partial charge in [-0.25, -0.2) is 4.39 Å². The lowest BCUT2D eigenvalue weighted by Gasteiger charge is -2.42. The highest BCUT2D eigenvalue weighted by molar-refractivity contribution is 5.85. The zero-order chi connectivity index (χ0) is 21.0.